The summed E-state index contributed by atoms with van der Waals surface area (Å²) >= 11 is 3.31. The first-order valence-electron chi connectivity index (χ1n) is 5.50. The predicted octanol–water partition coefficient (Wildman–Crippen LogP) is 3.19. The Hall–Kier alpha value is -0.0900. The van der Waals surface area contributed by atoms with Crippen molar-refractivity contribution in [3.63, 3.8) is 0 Å². The van der Waals surface area contributed by atoms with E-state index in [1.54, 1.807) is 6.92 Å². The molecule has 0 radical (unpaired) electrons. The van der Waals surface area contributed by atoms with Gasteiger partial charge in [-0.15, -0.1) is 0 Å². The van der Waals surface area contributed by atoms with E-state index in [-0.39, 0.29) is 6.10 Å². The fourth-order valence-electron chi connectivity index (χ4n) is 0.724. The zero-order chi connectivity index (χ0) is 12.1. The van der Waals surface area contributed by atoms with Gasteiger partial charge in [-0.25, -0.2) is 0 Å². The first-order valence-corrected chi connectivity index (χ1v) is 6.62. The maximum atomic E-state index is 10.0. The van der Waals surface area contributed by atoms with Crippen LogP contribution >= 0.6 is 15.9 Å². The third-order valence-electron chi connectivity index (χ3n) is 1.87. The molecule has 0 aromatic carbocycles. The molecule has 1 atom stereocenters. The minimum Gasteiger partial charge on any atom is -0.481 e. The number of hydrogen-bond donors (Lipinski definition) is 2. The number of hydrogen-bond acceptors (Lipinski definition) is 2. The number of halogens is 1. The van der Waals surface area contributed by atoms with Crippen LogP contribution < -0.4 is 0 Å². The molecule has 92 valence electrons. The third kappa shape index (κ3) is 24.9. The van der Waals surface area contributed by atoms with Crippen LogP contribution in [0, 0.1) is 0 Å². The molecule has 0 aliphatic rings. The van der Waals surface area contributed by atoms with E-state index in [2.05, 4.69) is 15.9 Å². The first-order chi connectivity index (χ1) is 7.04. The standard InChI is InChI=1S/C7H13BrO2.C4H10O/c8-6-4-2-1-3-5-7(9)10;1-3-4(2)5/h1-6H2,(H,9,10);4-5H,3H2,1-2H3. The quantitative estimate of drug-likeness (QED) is 0.557. The van der Waals surface area contributed by atoms with Crippen LogP contribution in [-0.2, 0) is 4.79 Å². The number of rotatable bonds is 7. The normalized spacial score (nSPS) is 11.5. The molecule has 2 N–H and O–H groups in total. The monoisotopic (exact) mass is 282 g/mol. The fourth-order valence-corrected chi connectivity index (χ4v) is 1.12. The molecule has 0 fully saturated rings. The van der Waals surface area contributed by atoms with E-state index in [0.717, 1.165) is 37.4 Å². The van der Waals surface area contributed by atoms with Gasteiger partial charge in [0.05, 0.1) is 6.10 Å². The smallest absolute Gasteiger partial charge is 0.303 e. The van der Waals surface area contributed by atoms with Gasteiger partial charge in [0.25, 0.3) is 0 Å². The second-order valence-corrected chi connectivity index (χ2v) is 4.30. The molecule has 3 nitrogen and oxygen atoms in total. The van der Waals surface area contributed by atoms with Gasteiger partial charge in [0.2, 0.25) is 0 Å². The SMILES string of the molecule is CCC(C)O.O=C(O)CCCCCCBr. The number of unbranched alkanes of at least 4 members (excludes halogenated alkanes) is 3. The molecule has 15 heavy (non-hydrogen) atoms. The van der Waals surface area contributed by atoms with Crippen molar-refractivity contribution in [3.8, 4) is 0 Å². The summed E-state index contributed by atoms with van der Waals surface area (Å²) in [7, 11) is 0. The first kappa shape index (κ1) is 17.3. The maximum Gasteiger partial charge on any atom is 0.303 e. The average Bonchev–Trinajstić information content (AvgIpc) is 2.18. The highest BCUT2D eigenvalue weighted by Crippen LogP contribution is 2.03. The maximum absolute atomic E-state index is 10.0. The van der Waals surface area contributed by atoms with E-state index < -0.39 is 5.97 Å². The molecule has 0 amide bonds. The lowest BCUT2D eigenvalue weighted by atomic mass is 10.2. The number of carboxylic acids is 1. The molecule has 0 aromatic rings. The van der Waals surface area contributed by atoms with Crippen molar-refractivity contribution in [2.24, 2.45) is 0 Å². The number of aliphatic carboxylic acids is 1. The Bertz CT molecular complexity index is 138. The Balaban J connectivity index is 0. The van der Waals surface area contributed by atoms with Gasteiger partial charge in [-0.2, -0.15) is 0 Å². The van der Waals surface area contributed by atoms with Crippen LogP contribution in [0.1, 0.15) is 52.4 Å². The lowest BCUT2D eigenvalue weighted by Gasteiger charge is -1.94. The van der Waals surface area contributed by atoms with Crippen molar-refractivity contribution >= 4 is 21.9 Å². The predicted molar refractivity (Wildman–Crippen MR) is 66.5 cm³/mol. The minimum atomic E-state index is -0.682. The van der Waals surface area contributed by atoms with Crippen LogP contribution in [0.4, 0.5) is 0 Å². The lowest BCUT2D eigenvalue weighted by Crippen LogP contribution is -1.93. The van der Waals surface area contributed by atoms with Crippen molar-refractivity contribution in [3.05, 3.63) is 0 Å². The van der Waals surface area contributed by atoms with Crippen LogP contribution in [0.3, 0.4) is 0 Å². The van der Waals surface area contributed by atoms with Gasteiger partial charge in [0.1, 0.15) is 0 Å². The van der Waals surface area contributed by atoms with Gasteiger partial charge in [-0.3, -0.25) is 4.79 Å². The molecule has 4 heteroatoms. The van der Waals surface area contributed by atoms with Crippen LogP contribution in [0.25, 0.3) is 0 Å². The lowest BCUT2D eigenvalue weighted by molar-refractivity contribution is -0.137. The molecular formula is C11H23BrO3. The number of aliphatic hydroxyl groups excluding tert-OH is 1. The van der Waals surface area contributed by atoms with Crippen molar-refractivity contribution in [1.29, 1.82) is 0 Å². The van der Waals surface area contributed by atoms with Crippen LogP contribution in [0.15, 0.2) is 0 Å². The second-order valence-electron chi connectivity index (χ2n) is 3.50. The average molecular weight is 283 g/mol. The van der Waals surface area contributed by atoms with E-state index in [4.69, 9.17) is 10.2 Å². The van der Waals surface area contributed by atoms with Crippen LogP contribution in [-0.4, -0.2) is 27.6 Å². The van der Waals surface area contributed by atoms with E-state index in [0.29, 0.717) is 6.42 Å². The number of aliphatic hydroxyl groups is 1. The molecule has 0 spiro atoms. The molecule has 0 saturated carbocycles. The minimum absolute atomic E-state index is 0.116. The van der Waals surface area contributed by atoms with Crippen LogP contribution in [0.2, 0.25) is 0 Å². The number of alkyl halides is 1. The third-order valence-corrected chi connectivity index (χ3v) is 2.43. The number of carbonyl (C=O) groups is 1. The van der Waals surface area contributed by atoms with Crippen molar-refractivity contribution in [1.82, 2.24) is 0 Å². The molecule has 0 rings (SSSR count). The zero-order valence-corrected chi connectivity index (χ0v) is 11.3. The van der Waals surface area contributed by atoms with Crippen molar-refractivity contribution in [2.45, 2.75) is 58.5 Å². The largest absolute Gasteiger partial charge is 0.481 e. The van der Waals surface area contributed by atoms with E-state index in [1.165, 1.54) is 0 Å². The number of carboxylic acid groups (broad SMARTS) is 1. The Morgan fingerprint density at radius 1 is 1.27 bits per heavy atom. The summed E-state index contributed by atoms with van der Waals surface area (Å²) in [4.78, 5) is 10.0. The van der Waals surface area contributed by atoms with E-state index in [9.17, 15) is 4.79 Å². The fraction of sp³-hybridized carbons (Fsp3) is 0.909. The van der Waals surface area contributed by atoms with Gasteiger partial charge in [-0.05, 0) is 26.2 Å². The molecular weight excluding hydrogens is 260 g/mol. The summed E-state index contributed by atoms with van der Waals surface area (Å²) in [5, 5.41) is 17.6. The van der Waals surface area contributed by atoms with Gasteiger partial charge in [0, 0.05) is 11.8 Å². The van der Waals surface area contributed by atoms with Crippen molar-refractivity contribution in [2.75, 3.05) is 5.33 Å². The molecule has 0 bridgehead atoms. The molecule has 0 heterocycles. The molecule has 0 aromatic heterocycles. The summed E-state index contributed by atoms with van der Waals surface area (Å²) in [5.41, 5.74) is 0. The highest BCUT2D eigenvalue weighted by atomic mass is 79.9. The molecule has 0 aliphatic heterocycles. The zero-order valence-electron chi connectivity index (χ0n) is 9.71. The van der Waals surface area contributed by atoms with E-state index >= 15 is 0 Å². The Morgan fingerprint density at radius 3 is 2.07 bits per heavy atom. The summed E-state index contributed by atoms with van der Waals surface area (Å²) in [6.07, 6.45) is 5.22. The Kier molecular flexibility index (Phi) is 16.1. The molecule has 0 aliphatic carbocycles. The van der Waals surface area contributed by atoms with Gasteiger partial charge in [0.15, 0.2) is 0 Å². The summed E-state index contributed by atoms with van der Waals surface area (Å²) in [6, 6.07) is 0. The second kappa shape index (κ2) is 13.9. The van der Waals surface area contributed by atoms with Gasteiger partial charge < -0.3 is 10.2 Å². The van der Waals surface area contributed by atoms with Gasteiger partial charge in [-0.1, -0.05) is 35.7 Å². The summed E-state index contributed by atoms with van der Waals surface area (Å²) in [6.45, 7) is 3.73. The summed E-state index contributed by atoms with van der Waals surface area (Å²) in [5.74, 6) is -0.682. The highest BCUT2D eigenvalue weighted by molar-refractivity contribution is 9.09. The summed E-state index contributed by atoms with van der Waals surface area (Å²) < 4.78 is 0. The van der Waals surface area contributed by atoms with Crippen LogP contribution in [0.5, 0.6) is 0 Å². The topological polar surface area (TPSA) is 57.5 Å². The van der Waals surface area contributed by atoms with E-state index in [1.807, 2.05) is 6.92 Å². The van der Waals surface area contributed by atoms with Gasteiger partial charge >= 0.3 is 5.97 Å². The highest BCUT2D eigenvalue weighted by Gasteiger charge is 1.94. The van der Waals surface area contributed by atoms with Crippen molar-refractivity contribution < 1.29 is 15.0 Å². The molecule has 0 saturated heterocycles. The molecule has 1 unspecified atom stereocenters. The Morgan fingerprint density at radius 2 is 1.73 bits per heavy atom. The Labute approximate surface area is 101 Å².